The predicted molar refractivity (Wildman–Crippen MR) is 94.9 cm³/mol. The van der Waals surface area contributed by atoms with E-state index in [2.05, 4.69) is 26.8 Å². The molecule has 0 aromatic heterocycles. The number of methoxy groups -OCH3 is 1. The van der Waals surface area contributed by atoms with Crippen molar-refractivity contribution in [2.24, 2.45) is 11.3 Å². The van der Waals surface area contributed by atoms with Gasteiger partial charge in [-0.05, 0) is 60.1 Å². The van der Waals surface area contributed by atoms with E-state index in [0.29, 0.717) is 17.9 Å². The van der Waals surface area contributed by atoms with Crippen LogP contribution in [0.2, 0.25) is 0 Å². The maximum atomic E-state index is 12.7. The van der Waals surface area contributed by atoms with Crippen molar-refractivity contribution < 1.29 is 17.4 Å². The zero-order valence-corrected chi connectivity index (χ0v) is 15.3. The highest BCUT2D eigenvalue weighted by molar-refractivity contribution is 5.77. The zero-order chi connectivity index (χ0) is 19.5. The molecule has 3 rings (SSSR count). The summed E-state index contributed by atoms with van der Waals surface area (Å²) in [7, 11) is 1.36. The second-order valence-corrected chi connectivity index (χ2v) is 8.18. The molecule has 1 N–H and O–H groups in total. The summed E-state index contributed by atoms with van der Waals surface area (Å²) in [4.78, 5) is 12.7. The van der Waals surface area contributed by atoms with E-state index in [1.54, 1.807) is 6.92 Å². The minimum atomic E-state index is -1.92. The highest BCUT2D eigenvalue weighted by Gasteiger charge is 2.57. The molecule has 1 saturated carbocycles. The smallest absolute Gasteiger partial charge is 0.311 e. The molecule has 0 aliphatic heterocycles. The molecule has 3 nitrogen and oxygen atoms in total. The lowest BCUT2D eigenvalue weighted by atomic mass is 9.49. The normalized spacial score (nSPS) is 38.6. The molecule has 1 aromatic carbocycles. The molecule has 24 heavy (non-hydrogen) atoms. The van der Waals surface area contributed by atoms with Crippen LogP contribution in [0.1, 0.15) is 84.8 Å². The number of aliphatic hydroxyl groups excluding tert-OH is 1. The fraction of sp³-hybridized carbons (Fsp3) is 0.667. The van der Waals surface area contributed by atoms with Gasteiger partial charge in [0, 0.05) is 2.74 Å². The Labute approximate surface area is 148 Å². The lowest BCUT2D eigenvalue weighted by molar-refractivity contribution is -0.162. The van der Waals surface area contributed by atoms with Crippen molar-refractivity contribution in [3.05, 3.63) is 34.9 Å². The second-order valence-electron chi connectivity index (χ2n) is 8.18. The van der Waals surface area contributed by atoms with E-state index in [9.17, 15) is 9.90 Å². The van der Waals surface area contributed by atoms with Crippen LogP contribution in [-0.4, -0.2) is 18.2 Å². The number of carbonyl (C=O) groups excluding carboxylic acids is 1. The van der Waals surface area contributed by atoms with Gasteiger partial charge in [-0.15, -0.1) is 0 Å². The van der Waals surface area contributed by atoms with E-state index in [1.807, 2.05) is 12.1 Å². The molecule has 1 unspecified atom stereocenters. The quantitative estimate of drug-likeness (QED) is 0.812. The molecule has 1 aromatic rings. The highest BCUT2D eigenvalue weighted by atomic mass is 16.5. The third-order valence-corrected chi connectivity index (χ3v) is 6.29. The topological polar surface area (TPSA) is 46.5 Å². The number of benzene rings is 1. The third-order valence-electron chi connectivity index (χ3n) is 6.29. The van der Waals surface area contributed by atoms with Crippen molar-refractivity contribution in [1.29, 1.82) is 0 Å². The first-order valence-electron chi connectivity index (χ1n) is 9.91. The van der Waals surface area contributed by atoms with Crippen molar-refractivity contribution in [2.45, 2.75) is 70.8 Å². The fourth-order valence-corrected chi connectivity index (χ4v) is 4.86. The van der Waals surface area contributed by atoms with Crippen LogP contribution in [0, 0.1) is 11.3 Å². The van der Waals surface area contributed by atoms with E-state index in [4.69, 9.17) is 7.48 Å². The maximum absolute atomic E-state index is 12.7. The Morgan fingerprint density at radius 1 is 1.38 bits per heavy atom. The number of ether oxygens (including phenoxy) is 1. The van der Waals surface area contributed by atoms with E-state index in [1.165, 1.54) is 7.11 Å². The summed E-state index contributed by atoms with van der Waals surface area (Å²) in [5, 5.41) is 11.0. The Morgan fingerprint density at radius 2 is 2.08 bits per heavy atom. The third kappa shape index (κ3) is 2.40. The van der Waals surface area contributed by atoms with E-state index >= 15 is 0 Å². The molecule has 0 amide bonds. The first kappa shape index (κ1) is 14.9. The molecule has 1 fully saturated rings. The largest absolute Gasteiger partial charge is 0.469 e. The molecule has 132 valence electrons. The molecular formula is C21H30O3. The van der Waals surface area contributed by atoms with Gasteiger partial charge in [0.1, 0.15) is 0 Å². The number of carbonyl (C=O) groups is 1. The molecule has 2 aliphatic rings. The summed E-state index contributed by atoms with van der Waals surface area (Å²) in [6.07, 6.45) is -0.969. The molecule has 0 bridgehead atoms. The molecule has 4 atom stereocenters. The SMILES string of the molecule is [2H]C1([2H])C2[C@](C)(C(=O)OC)CCC[C@]2(C)c2ccc(C(C)C)cc2[C@H]1O. The lowest BCUT2D eigenvalue weighted by Gasteiger charge is -2.55. The summed E-state index contributed by atoms with van der Waals surface area (Å²) >= 11 is 0. The molecule has 0 spiro atoms. The predicted octanol–water partition coefficient (Wildman–Crippen LogP) is 4.48. The van der Waals surface area contributed by atoms with Crippen molar-refractivity contribution in [1.82, 2.24) is 0 Å². The van der Waals surface area contributed by atoms with Gasteiger partial charge in [0.2, 0.25) is 0 Å². The number of hydrogen-bond acceptors (Lipinski definition) is 3. The molecular weight excluding hydrogens is 300 g/mol. The number of fused-ring (bicyclic) bond motifs is 3. The average Bonchev–Trinajstić information content (AvgIpc) is 2.58. The monoisotopic (exact) mass is 332 g/mol. The van der Waals surface area contributed by atoms with Gasteiger partial charge < -0.3 is 9.84 Å². The highest BCUT2D eigenvalue weighted by Crippen LogP contribution is 2.59. The van der Waals surface area contributed by atoms with Crippen LogP contribution in [-0.2, 0) is 14.9 Å². The molecule has 2 aliphatic carbocycles. The summed E-state index contributed by atoms with van der Waals surface area (Å²) in [6, 6.07) is 6.07. The summed E-state index contributed by atoms with van der Waals surface area (Å²) in [5.41, 5.74) is 1.26. The first-order valence-corrected chi connectivity index (χ1v) is 8.91. The minimum absolute atomic E-state index is 0.301. The minimum Gasteiger partial charge on any atom is -0.469 e. The van der Waals surface area contributed by atoms with Crippen molar-refractivity contribution in [3.63, 3.8) is 0 Å². The summed E-state index contributed by atoms with van der Waals surface area (Å²) < 4.78 is 22.7. The van der Waals surface area contributed by atoms with Gasteiger partial charge in [-0.3, -0.25) is 4.79 Å². The van der Waals surface area contributed by atoms with Crippen LogP contribution in [0.15, 0.2) is 18.2 Å². The number of rotatable bonds is 2. The Kier molecular flexibility index (Phi) is 3.66. The van der Waals surface area contributed by atoms with Gasteiger partial charge in [-0.25, -0.2) is 0 Å². The van der Waals surface area contributed by atoms with E-state index in [-0.39, 0.29) is 5.97 Å². The van der Waals surface area contributed by atoms with Crippen LogP contribution >= 0.6 is 0 Å². The van der Waals surface area contributed by atoms with Crippen LogP contribution in [0.4, 0.5) is 0 Å². The van der Waals surface area contributed by atoms with Crippen molar-refractivity contribution in [2.75, 3.05) is 7.11 Å². The van der Waals surface area contributed by atoms with Gasteiger partial charge in [0.05, 0.1) is 18.6 Å². The van der Waals surface area contributed by atoms with Gasteiger partial charge in [-0.2, -0.15) is 0 Å². The maximum Gasteiger partial charge on any atom is 0.311 e. The van der Waals surface area contributed by atoms with Gasteiger partial charge in [0.25, 0.3) is 0 Å². The Hall–Kier alpha value is -1.35. The van der Waals surface area contributed by atoms with Crippen molar-refractivity contribution in [3.8, 4) is 0 Å². The number of hydrogen-bond donors (Lipinski definition) is 1. The molecule has 0 radical (unpaired) electrons. The van der Waals surface area contributed by atoms with Gasteiger partial charge in [0.15, 0.2) is 0 Å². The van der Waals surface area contributed by atoms with Crippen LogP contribution in [0.3, 0.4) is 0 Å². The molecule has 3 heteroatoms. The van der Waals surface area contributed by atoms with Gasteiger partial charge >= 0.3 is 5.97 Å². The Bertz CT molecular complexity index is 730. The fourth-order valence-electron chi connectivity index (χ4n) is 4.86. The number of esters is 1. The first-order chi connectivity index (χ1) is 12.0. The number of aliphatic hydroxyl groups is 1. The standard InChI is InChI=1S/C21H30O3/c1-13(2)14-7-8-16-15(11-14)17(22)12-18-20(16,3)9-6-10-21(18,4)19(23)24-5/h7-8,11,13,17-18,22H,6,9-10,12H2,1-5H3/t17-,18?,20+,21+/m0/s1/i12D2. The summed E-state index contributed by atoms with van der Waals surface area (Å²) in [6.45, 7) is 8.03. The second kappa shape index (κ2) is 5.87. The van der Waals surface area contributed by atoms with Crippen LogP contribution in [0.25, 0.3) is 0 Å². The van der Waals surface area contributed by atoms with Crippen LogP contribution < -0.4 is 0 Å². The molecule has 0 saturated heterocycles. The van der Waals surface area contributed by atoms with E-state index in [0.717, 1.165) is 24.0 Å². The zero-order valence-electron chi connectivity index (χ0n) is 17.3. The average molecular weight is 332 g/mol. The van der Waals surface area contributed by atoms with Gasteiger partial charge in [-0.1, -0.05) is 45.4 Å². The van der Waals surface area contributed by atoms with Crippen molar-refractivity contribution >= 4 is 5.97 Å². The van der Waals surface area contributed by atoms with Crippen LogP contribution in [0.5, 0.6) is 0 Å². The van der Waals surface area contributed by atoms with E-state index < -0.39 is 29.2 Å². The Morgan fingerprint density at radius 3 is 2.71 bits per heavy atom. The summed E-state index contributed by atoms with van der Waals surface area (Å²) in [5.74, 6) is -0.724. The molecule has 0 heterocycles. The lowest BCUT2D eigenvalue weighted by Crippen LogP contribution is -2.53. The Balaban J connectivity index is 2.26.